The highest BCUT2D eigenvalue weighted by Crippen LogP contribution is 2.28. The van der Waals surface area contributed by atoms with Gasteiger partial charge in [0.05, 0.1) is 11.7 Å². The molecule has 0 aliphatic carbocycles. The van der Waals surface area contributed by atoms with Crippen molar-refractivity contribution in [1.82, 2.24) is 5.32 Å². The fraction of sp³-hybridized carbons (Fsp3) is 0.364. The summed E-state index contributed by atoms with van der Waals surface area (Å²) in [4.78, 5) is 25.2. The number of rotatable bonds is 6. The molecule has 0 unspecified atom stereocenters. The zero-order valence-electron chi connectivity index (χ0n) is 17.7. The van der Waals surface area contributed by atoms with Crippen LogP contribution in [0.25, 0.3) is 0 Å². The number of aliphatic hydroxyl groups excluding tert-OH is 1. The van der Waals surface area contributed by atoms with Gasteiger partial charge in [-0.3, -0.25) is 0 Å². The van der Waals surface area contributed by atoms with E-state index in [-0.39, 0.29) is 5.56 Å². The number of ether oxygens (including phenoxy) is 4. The fourth-order valence-corrected chi connectivity index (χ4v) is 3.67. The lowest BCUT2D eigenvalue weighted by Crippen LogP contribution is -2.65. The highest BCUT2D eigenvalue weighted by atomic mass is 127. The van der Waals surface area contributed by atoms with E-state index in [1.165, 1.54) is 0 Å². The molecule has 5 atom stereocenters. The molecule has 1 aliphatic rings. The van der Waals surface area contributed by atoms with E-state index in [0.29, 0.717) is 5.75 Å². The predicted molar refractivity (Wildman–Crippen MR) is 134 cm³/mol. The first-order chi connectivity index (χ1) is 16.0. The van der Waals surface area contributed by atoms with E-state index >= 15 is 0 Å². The van der Waals surface area contributed by atoms with E-state index in [0.717, 1.165) is 3.57 Å². The molecule has 0 bridgehead atoms. The summed E-state index contributed by atoms with van der Waals surface area (Å²) in [5.74, 6) is -0.267. The van der Waals surface area contributed by atoms with Crippen LogP contribution in [0.2, 0.25) is 0 Å². The van der Waals surface area contributed by atoms with Crippen molar-refractivity contribution in [1.29, 1.82) is 0 Å². The first-order valence-electron chi connectivity index (χ1n) is 10.1. The van der Waals surface area contributed by atoms with Crippen LogP contribution in [-0.2, 0) is 14.2 Å². The maximum absolute atomic E-state index is 12.7. The molecule has 0 aromatic heterocycles. The minimum Gasteiger partial charge on any atom is -0.463 e. The number of nitrogens with one attached hydrogen (secondary N) is 1. The third-order valence-electron chi connectivity index (χ3n) is 4.78. The second-order valence-corrected chi connectivity index (χ2v) is 11.1. The average Bonchev–Trinajstić information content (AvgIpc) is 2.79. The van der Waals surface area contributed by atoms with Crippen molar-refractivity contribution >= 4 is 69.5 Å². The van der Waals surface area contributed by atoms with Crippen LogP contribution < -0.4 is 10.1 Å². The third kappa shape index (κ3) is 7.76. The van der Waals surface area contributed by atoms with E-state index in [4.69, 9.17) is 53.8 Å². The van der Waals surface area contributed by atoms with Gasteiger partial charge < -0.3 is 29.4 Å². The summed E-state index contributed by atoms with van der Waals surface area (Å²) >= 11 is 19.1. The molecule has 1 heterocycles. The number of alkyl halides is 3. The standard InChI is InChI=1S/C22H21Cl3INO7/c1-12-17(28)18(34-19(29)13-5-3-2-4-6-13)16(27-21(30)31-11-22(23,24)25)20(32-12)33-15-9-7-14(26)8-10-15/h2-10,12,16-18,20,28H,11H2,1H3,(H,27,30)/t12-,16-,17+,18-,20-/m1/s1. The number of halogens is 4. The van der Waals surface area contributed by atoms with Gasteiger partial charge in [-0.05, 0) is 65.9 Å². The normalized spacial score (nSPS) is 24.7. The van der Waals surface area contributed by atoms with Crippen molar-refractivity contribution in [3.8, 4) is 5.75 Å². The second kappa shape index (κ2) is 12.0. The molecule has 3 rings (SSSR count). The quantitative estimate of drug-likeness (QED) is 0.272. The van der Waals surface area contributed by atoms with Crippen molar-refractivity contribution in [2.45, 2.75) is 41.4 Å². The zero-order valence-corrected chi connectivity index (χ0v) is 22.1. The van der Waals surface area contributed by atoms with Crippen LogP contribution >= 0.6 is 57.4 Å². The van der Waals surface area contributed by atoms with Crippen LogP contribution in [0.15, 0.2) is 54.6 Å². The molecule has 1 fully saturated rings. The Morgan fingerprint density at radius 1 is 1.12 bits per heavy atom. The van der Waals surface area contributed by atoms with E-state index in [9.17, 15) is 14.7 Å². The smallest absolute Gasteiger partial charge is 0.407 e. The highest BCUT2D eigenvalue weighted by molar-refractivity contribution is 14.1. The molecule has 2 aromatic rings. The molecule has 1 aliphatic heterocycles. The predicted octanol–water partition coefficient (Wildman–Crippen LogP) is 4.47. The monoisotopic (exact) mass is 643 g/mol. The lowest BCUT2D eigenvalue weighted by molar-refractivity contribution is -0.231. The number of amides is 1. The Hall–Kier alpha value is -1.50. The zero-order chi connectivity index (χ0) is 24.9. The van der Waals surface area contributed by atoms with Gasteiger partial charge in [0, 0.05) is 3.57 Å². The number of alkyl carbamates (subject to hydrolysis) is 1. The van der Waals surface area contributed by atoms with Gasteiger partial charge in [0.15, 0.2) is 6.10 Å². The first-order valence-corrected chi connectivity index (χ1v) is 12.3. The molecule has 8 nitrogen and oxygen atoms in total. The largest absolute Gasteiger partial charge is 0.463 e. The fourth-order valence-electron chi connectivity index (χ4n) is 3.14. The molecular weight excluding hydrogens is 624 g/mol. The molecule has 12 heteroatoms. The minimum absolute atomic E-state index is 0.265. The van der Waals surface area contributed by atoms with Crippen LogP contribution in [-0.4, -0.2) is 58.2 Å². The number of esters is 1. The lowest BCUT2D eigenvalue weighted by atomic mass is 9.97. The molecule has 1 saturated heterocycles. The molecule has 2 N–H and O–H groups in total. The van der Waals surface area contributed by atoms with E-state index in [1.807, 2.05) is 12.1 Å². The molecule has 34 heavy (non-hydrogen) atoms. The number of carbonyl (C=O) groups is 2. The lowest BCUT2D eigenvalue weighted by Gasteiger charge is -2.43. The summed E-state index contributed by atoms with van der Waals surface area (Å²) in [6.07, 6.45) is -5.46. The topological polar surface area (TPSA) is 103 Å². The molecular formula is C22H21Cl3INO7. The summed E-state index contributed by atoms with van der Waals surface area (Å²) in [6, 6.07) is 14.1. The molecule has 0 saturated carbocycles. The Balaban J connectivity index is 1.85. The number of hydrogen-bond acceptors (Lipinski definition) is 7. The van der Waals surface area contributed by atoms with Crippen LogP contribution in [0.3, 0.4) is 0 Å². The van der Waals surface area contributed by atoms with Crippen LogP contribution in [0, 0.1) is 3.57 Å². The van der Waals surface area contributed by atoms with Crippen molar-refractivity contribution in [2.24, 2.45) is 0 Å². The van der Waals surface area contributed by atoms with E-state index in [1.54, 1.807) is 49.4 Å². The summed E-state index contributed by atoms with van der Waals surface area (Å²) in [7, 11) is 0. The van der Waals surface area contributed by atoms with Crippen molar-refractivity contribution in [3.05, 3.63) is 63.7 Å². The second-order valence-electron chi connectivity index (χ2n) is 7.37. The van der Waals surface area contributed by atoms with Gasteiger partial charge in [-0.25, -0.2) is 9.59 Å². The van der Waals surface area contributed by atoms with Gasteiger partial charge in [0.25, 0.3) is 0 Å². The Morgan fingerprint density at radius 2 is 1.76 bits per heavy atom. The molecule has 1 amide bonds. The molecule has 0 radical (unpaired) electrons. The molecule has 184 valence electrons. The Morgan fingerprint density at radius 3 is 2.38 bits per heavy atom. The van der Waals surface area contributed by atoms with Crippen molar-refractivity contribution in [3.63, 3.8) is 0 Å². The first kappa shape index (κ1) is 27.1. The van der Waals surface area contributed by atoms with E-state index in [2.05, 4.69) is 27.9 Å². The number of carbonyl (C=O) groups excluding carboxylic acids is 2. The van der Waals surface area contributed by atoms with Crippen LogP contribution in [0.5, 0.6) is 5.75 Å². The molecule has 2 aromatic carbocycles. The summed E-state index contributed by atoms with van der Waals surface area (Å²) < 4.78 is 21.4. The van der Waals surface area contributed by atoms with Gasteiger partial charge in [-0.15, -0.1) is 0 Å². The third-order valence-corrected chi connectivity index (χ3v) is 5.83. The summed E-state index contributed by atoms with van der Waals surface area (Å²) in [5, 5.41) is 13.3. The Bertz CT molecular complexity index is 975. The van der Waals surface area contributed by atoms with Gasteiger partial charge in [0.2, 0.25) is 10.1 Å². The highest BCUT2D eigenvalue weighted by Gasteiger charge is 2.48. The van der Waals surface area contributed by atoms with Crippen LogP contribution in [0.1, 0.15) is 17.3 Å². The number of benzene rings is 2. The van der Waals surface area contributed by atoms with Crippen LogP contribution in [0.4, 0.5) is 4.79 Å². The van der Waals surface area contributed by atoms with Gasteiger partial charge >= 0.3 is 12.1 Å². The SMILES string of the molecule is C[C@H]1O[C@H](Oc2ccc(I)cc2)[C@H](NC(=O)OCC(Cl)(Cl)Cl)[C@@H](OC(=O)c2ccccc2)[C@H]1O. The van der Waals surface area contributed by atoms with Gasteiger partial charge in [-0.1, -0.05) is 53.0 Å². The maximum Gasteiger partial charge on any atom is 0.407 e. The summed E-state index contributed by atoms with van der Waals surface area (Å²) in [5.41, 5.74) is 0.265. The Kier molecular flexibility index (Phi) is 9.53. The average molecular weight is 645 g/mol. The number of hydrogen-bond donors (Lipinski definition) is 2. The maximum atomic E-state index is 12.7. The van der Waals surface area contributed by atoms with Gasteiger partial charge in [0.1, 0.15) is 24.5 Å². The van der Waals surface area contributed by atoms with Crippen molar-refractivity contribution in [2.75, 3.05) is 6.61 Å². The van der Waals surface area contributed by atoms with Crippen molar-refractivity contribution < 1.29 is 33.6 Å². The van der Waals surface area contributed by atoms with Gasteiger partial charge in [-0.2, -0.15) is 0 Å². The number of aliphatic hydroxyl groups is 1. The summed E-state index contributed by atoms with van der Waals surface area (Å²) in [6.45, 7) is 1.06. The van der Waals surface area contributed by atoms with E-state index < -0.39 is 53.1 Å². The minimum atomic E-state index is -1.83. The molecule has 0 spiro atoms. The Labute approximate surface area is 224 Å².